The van der Waals surface area contributed by atoms with Gasteiger partial charge in [-0.05, 0) is 25.0 Å². The van der Waals surface area contributed by atoms with Gasteiger partial charge in [0, 0.05) is 30.9 Å². The zero-order chi connectivity index (χ0) is 13.8. The van der Waals surface area contributed by atoms with Gasteiger partial charge in [0.05, 0.1) is 6.54 Å². The van der Waals surface area contributed by atoms with Gasteiger partial charge in [0.25, 0.3) is 0 Å². The van der Waals surface area contributed by atoms with E-state index in [1.807, 2.05) is 4.90 Å². The summed E-state index contributed by atoms with van der Waals surface area (Å²) >= 11 is 0. The van der Waals surface area contributed by atoms with Crippen molar-refractivity contribution >= 4 is 11.6 Å². The van der Waals surface area contributed by atoms with Gasteiger partial charge in [-0.3, -0.25) is 9.69 Å². The number of piperidine rings is 1. The van der Waals surface area contributed by atoms with Crippen molar-refractivity contribution in [3.05, 3.63) is 29.8 Å². The number of halogens is 2. The van der Waals surface area contributed by atoms with Crippen molar-refractivity contribution in [2.75, 3.05) is 25.0 Å². The molecule has 1 aliphatic heterocycles. The van der Waals surface area contributed by atoms with Crippen LogP contribution in [0.4, 0.5) is 14.5 Å². The quantitative estimate of drug-likeness (QED) is 0.870. The molecule has 3 N–H and O–H groups in total. The molecule has 19 heavy (non-hydrogen) atoms. The SMILES string of the molecule is NC1CCN(CC(=O)Nc2ccc(F)c(F)c2)CC1. The highest BCUT2D eigenvalue weighted by atomic mass is 19.2. The van der Waals surface area contributed by atoms with E-state index in [0.29, 0.717) is 0 Å². The van der Waals surface area contributed by atoms with Crippen LogP contribution < -0.4 is 11.1 Å². The summed E-state index contributed by atoms with van der Waals surface area (Å²) in [5.74, 6) is -2.13. The van der Waals surface area contributed by atoms with Crippen molar-refractivity contribution in [1.29, 1.82) is 0 Å². The molecule has 1 aromatic carbocycles. The van der Waals surface area contributed by atoms with Gasteiger partial charge in [-0.25, -0.2) is 8.78 Å². The molecule has 0 radical (unpaired) electrons. The number of carbonyl (C=O) groups is 1. The zero-order valence-corrected chi connectivity index (χ0v) is 10.5. The van der Waals surface area contributed by atoms with E-state index in [2.05, 4.69) is 5.32 Å². The molecular formula is C13H17F2N3O. The lowest BCUT2D eigenvalue weighted by Crippen LogP contribution is -2.43. The predicted molar refractivity (Wildman–Crippen MR) is 68.6 cm³/mol. The third-order valence-corrected chi connectivity index (χ3v) is 3.20. The fourth-order valence-electron chi connectivity index (χ4n) is 2.09. The number of anilines is 1. The Morgan fingerprint density at radius 1 is 1.32 bits per heavy atom. The number of hydrogen-bond donors (Lipinski definition) is 2. The maximum atomic E-state index is 13.0. The Balaban J connectivity index is 1.85. The number of benzene rings is 1. The molecule has 0 aliphatic carbocycles. The Morgan fingerprint density at radius 3 is 2.63 bits per heavy atom. The molecule has 0 unspecified atom stereocenters. The van der Waals surface area contributed by atoms with E-state index >= 15 is 0 Å². The highest BCUT2D eigenvalue weighted by Crippen LogP contribution is 2.13. The van der Waals surface area contributed by atoms with Crippen molar-refractivity contribution in [2.45, 2.75) is 18.9 Å². The third kappa shape index (κ3) is 3.97. The molecule has 1 aliphatic rings. The molecule has 0 spiro atoms. The van der Waals surface area contributed by atoms with Crippen LogP contribution in [0.5, 0.6) is 0 Å². The van der Waals surface area contributed by atoms with Crippen molar-refractivity contribution in [2.24, 2.45) is 5.73 Å². The molecule has 104 valence electrons. The number of rotatable bonds is 3. The number of nitrogens with two attached hydrogens (primary N) is 1. The molecule has 2 rings (SSSR count). The second kappa shape index (κ2) is 6.08. The molecule has 6 heteroatoms. The summed E-state index contributed by atoms with van der Waals surface area (Å²) in [7, 11) is 0. The van der Waals surface area contributed by atoms with E-state index in [-0.39, 0.29) is 24.2 Å². The first-order chi connectivity index (χ1) is 9.04. The largest absolute Gasteiger partial charge is 0.328 e. The lowest BCUT2D eigenvalue weighted by molar-refractivity contribution is -0.117. The first-order valence-electron chi connectivity index (χ1n) is 6.27. The van der Waals surface area contributed by atoms with Gasteiger partial charge >= 0.3 is 0 Å². The summed E-state index contributed by atoms with van der Waals surface area (Å²) in [4.78, 5) is 13.8. The number of amides is 1. The second-order valence-electron chi connectivity index (χ2n) is 4.79. The number of nitrogens with zero attached hydrogens (tertiary/aromatic N) is 1. The van der Waals surface area contributed by atoms with Gasteiger partial charge in [-0.2, -0.15) is 0 Å². The van der Waals surface area contributed by atoms with Crippen LogP contribution >= 0.6 is 0 Å². The van der Waals surface area contributed by atoms with Crippen molar-refractivity contribution in [1.82, 2.24) is 4.90 Å². The van der Waals surface area contributed by atoms with Crippen LogP contribution in [-0.2, 0) is 4.79 Å². The molecule has 4 nitrogen and oxygen atoms in total. The van der Waals surface area contributed by atoms with Gasteiger partial charge in [-0.1, -0.05) is 0 Å². The smallest absolute Gasteiger partial charge is 0.238 e. The second-order valence-corrected chi connectivity index (χ2v) is 4.79. The molecule has 0 aromatic heterocycles. The molecule has 0 atom stereocenters. The van der Waals surface area contributed by atoms with Gasteiger partial charge in [0.15, 0.2) is 11.6 Å². The molecule has 1 heterocycles. The van der Waals surface area contributed by atoms with E-state index in [1.54, 1.807) is 0 Å². The van der Waals surface area contributed by atoms with Crippen molar-refractivity contribution in [3.8, 4) is 0 Å². The number of nitrogens with one attached hydrogen (secondary N) is 1. The minimum atomic E-state index is -0.971. The molecular weight excluding hydrogens is 252 g/mol. The topological polar surface area (TPSA) is 58.4 Å². The minimum Gasteiger partial charge on any atom is -0.328 e. The molecule has 1 aromatic rings. The Labute approximate surface area is 110 Å². The summed E-state index contributed by atoms with van der Waals surface area (Å²) in [6, 6.07) is 3.51. The maximum absolute atomic E-state index is 13.0. The monoisotopic (exact) mass is 269 g/mol. The van der Waals surface area contributed by atoms with Crippen LogP contribution in [0.15, 0.2) is 18.2 Å². The zero-order valence-electron chi connectivity index (χ0n) is 10.5. The lowest BCUT2D eigenvalue weighted by atomic mass is 10.1. The van der Waals surface area contributed by atoms with E-state index in [4.69, 9.17) is 5.73 Å². The molecule has 0 bridgehead atoms. The molecule has 1 saturated heterocycles. The van der Waals surface area contributed by atoms with Crippen molar-refractivity contribution in [3.63, 3.8) is 0 Å². The predicted octanol–water partition coefficient (Wildman–Crippen LogP) is 1.33. The van der Waals surface area contributed by atoms with Crippen LogP contribution in [0.25, 0.3) is 0 Å². The normalized spacial score (nSPS) is 17.4. The fraction of sp³-hybridized carbons (Fsp3) is 0.462. The van der Waals surface area contributed by atoms with Gasteiger partial charge in [0.2, 0.25) is 5.91 Å². The summed E-state index contributed by atoms with van der Waals surface area (Å²) in [6.45, 7) is 1.81. The highest BCUT2D eigenvalue weighted by Gasteiger charge is 2.18. The highest BCUT2D eigenvalue weighted by molar-refractivity contribution is 5.92. The molecule has 0 saturated carbocycles. The Hall–Kier alpha value is -1.53. The van der Waals surface area contributed by atoms with Crippen LogP contribution in [0, 0.1) is 11.6 Å². The van der Waals surface area contributed by atoms with Crippen LogP contribution in [-0.4, -0.2) is 36.5 Å². The Kier molecular flexibility index (Phi) is 4.44. The first-order valence-corrected chi connectivity index (χ1v) is 6.27. The van der Waals surface area contributed by atoms with E-state index in [9.17, 15) is 13.6 Å². The standard InChI is InChI=1S/C13H17F2N3O/c14-11-2-1-10(7-12(11)15)17-13(19)8-18-5-3-9(16)4-6-18/h1-2,7,9H,3-6,8,16H2,(H,17,19). The maximum Gasteiger partial charge on any atom is 0.238 e. The van der Waals surface area contributed by atoms with E-state index in [1.165, 1.54) is 6.07 Å². The average Bonchev–Trinajstić information content (AvgIpc) is 2.37. The first kappa shape index (κ1) is 13.9. The van der Waals surface area contributed by atoms with E-state index < -0.39 is 11.6 Å². The number of carbonyl (C=O) groups excluding carboxylic acids is 1. The summed E-state index contributed by atoms with van der Waals surface area (Å²) < 4.78 is 25.7. The van der Waals surface area contributed by atoms with Gasteiger partial charge < -0.3 is 11.1 Å². The Morgan fingerprint density at radius 2 is 2.00 bits per heavy atom. The third-order valence-electron chi connectivity index (χ3n) is 3.20. The fourth-order valence-corrected chi connectivity index (χ4v) is 2.09. The van der Waals surface area contributed by atoms with Crippen LogP contribution in [0.3, 0.4) is 0 Å². The summed E-state index contributed by atoms with van der Waals surface area (Å²) in [5, 5.41) is 2.55. The molecule has 1 amide bonds. The lowest BCUT2D eigenvalue weighted by Gasteiger charge is -2.29. The van der Waals surface area contributed by atoms with Gasteiger partial charge in [-0.15, -0.1) is 0 Å². The van der Waals surface area contributed by atoms with Crippen LogP contribution in [0.2, 0.25) is 0 Å². The average molecular weight is 269 g/mol. The number of likely N-dealkylation sites (tertiary alicyclic amines) is 1. The van der Waals surface area contributed by atoms with Gasteiger partial charge in [0.1, 0.15) is 0 Å². The van der Waals surface area contributed by atoms with E-state index in [0.717, 1.165) is 38.1 Å². The Bertz CT molecular complexity index is 459. The van der Waals surface area contributed by atoms with Crippen LogP contribution in [0.1, 0.15) is 12.8 Å². The van der Waals surface area contributed by atoms with Crippen molar-refractivity contribution < 1.29 is 13.6 Å². The minimum absolute atomic E-state index is 0.213. The molecule has 1 fully saturated rings. The summed E-state index contributed by atoms with van der Waals surface area (Å²) in [5.41, 5.74) is 6.04. The number of hydrogen-bond acceptors (Lipinski definition) is 3. The summed E-state index contributed by atoms with van der Waals surface area (Å²) in [6.07, 6.45) is 1.75.